The molecule has 8 heteroatoms. The maximum atomic E-state index is 12.7. The van der Waals surface area contributed by atoms with Crippen LogP contribution >= 0.6 is 0 Å². The lowest BCUT2D eigenvalue weighted by Crippen LogP contribution is -2.19. The van der Waals surface area contributed by atoms with Crippen LogP contribution < -0.4 is 5.32 Å². The summed E-state index contributed by atoms with van der Waals surface area (Å²) in [5, 5.41) is 17.2. The standard InChI is InChI=1S/C12H15F2N3O3/c1-4-7(8(9(13)14)17-16-4)15-10(18)5-6(11(19)20)12(5,2)3/h5-6,9H,1-3H3,(H,15,18)(H,16,17)(H,19,20)/t5-,6+/m0/s1. The lowest BCUT2D eigenvalue weighted by Gasteiger charge is -2.07. The number of hydrogen-bond acceptors (Lipinski definition) is 3. The molecule has 1 aromatic heterocycles. The lowest BCUT2D eigenvalue weighted by molar-refractivity contribution is -0.140. The Kier molecular flexibility index (Phi) is 3.27. The molecule has 0 unspecified atom stereocenters. The van der Waals surface area contributed by atoms with Crippen molar-refractivity contribution in [1.29, 1.82) is 0 Å². The van der Waals surface area contributed by atoms with Crippen LogP contribution in [-0.4, -0.2) is 27.2 Å². The molecule has 1 saturated carbocycles. The molecule has 6 nitrogen and oxygen atoms in total. The number of carboxylic acids is 1. The fraction of sp³-hybridized carbons (Fsp3) is 0.583. The number of rotatable bonds is 4. The highest BCUT2D eigenvalue weighted by Gasteiger charge is 2.66. The summed E-state index contributed by atoms with van der Waals surface area (Å²) < 4.78 is 25.5. The number of amides is 1. The van der Waals surface area contributed by atoms with Crippen molar-refractivity contribution in [3.8, 4) is 0 Å². The Bertz CT molecular complexity index is 568. The van der Waals surface area contributed by atoms with Crippen molar-refractivity contribution in [3.05, 3.63) is 11.4 Å². The number of carbonyl (C=O) groups is 2. The molecule has 0 spiro atoms. The Morgan fingerprint density at radius 1 is 1.40 bits per heavy atom. The van der Waals surface area contributed by atoms with Gasteiger partial charge in [0.1, 0.15) is 0 Å². The van der Waals surface area contributed by atoms with Crippen LogP contribution in [-0.2, 0) is 9.59 Å². The minimum absolute atomic E-state index is 0.0724. The predicted molar refractivity (Wildman–Crippen MR) is 65.3 cm³/mol. The molecular weight excluding hydrogens is 272 g/mol. The van der Waals surface area contributed by atoms with Gasteiger partial charge in [-0.15, -0.1) is 0 Å². The summed E-state index contributed by atoms with van der Waals surface area (Å²) in [5.74, 6) is -3.17. The average Bonchev–Trinajstić information content (AvgIpc) is 2.72. The SMILES string of the molecule is Cc1[nH]nc(C(F)F)c1NC(=O)[C@@H]1[C@H](C(=O)O)C1(C)C. The zero-order valence-corrected chi connectivity index (χ0v) is 11.2. The highest BCUT2D eigenvalue weighted by Crippen LogP contribution is 2.58. The number of carbonyl (C=O) groups excluding carboxylic acids is 1. The van der Waals surface area contributed by atoms with E-state index in [0.29, 0.717) is 5.69 Å². The molecule has 110 valence electrons. The van der Waals surface area contributed by atoms with E-state index in [1.807, 2.05) is 0 Å². The fourth-order valence-corrected chi connectivity index (χ4v) is 2.55. The lowest BCUT2D eigenvalue weighted by atomic mass is 10.1. The van der Waals surface area contributed by atoms with E-state index in [9.17, 15) is 18.4 Å². The summed E-state index contributed by atoms with van der Waals surface area (Å²) in [5.41, 5.74) is -0.990. The van der Waals surface area contributed by atoms with Gasteiger partial charge in [-0.1, -0.05) is 13.8 Å². The first-order valence-corrected chi connectivity index (χ1v) is 6.04. The number of aromatic nitrogens is 2. The van der Waals surface area contributed by atoms with Gasteiger partial charge in [0.15, 0.2) is 5.69 Å². The monoisotopic (exact) mass is 287 g/mol. The molecule has 0 saturated heterocycles. The fourth-order valence-electron chi connectivity index (χ4n) is 2.55. The number of aryl methyl sites for hydroxylation is 1. The number of aliphatic carboxylic acids is 1. The third-order valence-electron chi connectivity index (χ3n) is 3.81. The molecule has 1 fully saturated rings. The number of carboxylic acid groups (broad SMARTS) is 1. The normalized spacial score (nSPS) is 23.7. The van der Waals surface area contributed by atoms with Gasteiger partial charge in [-0.3, -0.25) is 14.7 Å². The Balaban J connectivity index is 2.18. The smallest absolute Gasteiger partial charge is 0.307 e. The first kappa shape index (κ1) is 14.4. The van der Waals surface area contributed by atoms with E-state index in [0.717, 1.165) is 0 Å². The third-order valence-corrected chi connectivity index (χ3v) is 3.81. The minimum Gasteiger partial charge on any atom is -0.481 e. The Morgan fingerprint density at radius 3 is 2.45 bits per heavy atom. The molecule has 0 aromatic carbocycles. The van der Waals surface area contributed by atoms with Gasteiger partial charge in [0.2, 0.25) is 5.91 Å². The van der Waals surface area contributed by atoms with Crippen molar-refractivity contribution in [2.24, 2.45) is 17.3 Å². The maximum Gasteiger partial charge on any atom is 0.307 e. The number of anilines is 1. The summed E-state index contributed by atoms with van der Waals surface area (Å²) in [4.78, 5) is 23.1. The minimum atomic E-state index is -2.82. The molecule has 2 rings (SSSR count). The highest BCUT2D eigenvalue weighted by atomic mass is 19.3. The van der Waals surface area contributed by atoms with Crippen molar-refractivity contribution in [2.75, 3.05) is 5.32 Å². The predicted octanol–water partition coefficient (Wildman–Crippen LogP) is 1.95. The van der Waals surface area contributed by atoms with Crippen molar-refractivity contribution in [3.63, 3.8) is 0 Å². The zero-order chi connectivity index (χ0) is 15.2. The molecule has 0 bridgehead atoms. The van der Waals surface area contributed by atoms with Crippen LogP contribution in [0.2, 0.25) is 0 Å². The quantitative estimate of drug-likeness (QED) is 0.788. The van der Waals surface area contributed by atoms with Crippen LogP contribution in [0.4, 0.5) is 14.5 Å². The van der Waals surface area contributed by atoms with Gasteiger partial charge in [0.25, 0.3) is 6.43 Å². The molecular formula is C12H15F2N3O3. The molecule has 1 amide bonds. The van der Waals surface area contributed by atoms with E-state index in [-0.39, 0.29) is 5.69 Å². The second-order valence-electron chi connectivity index (χ2n) is 5.51. The number of H-pyrrole nitrogens is 1. The van der Waals surface area contributed by atoms with Gasteiger partial charge < -0.3 is 10.4 Å². The zero-order valence-electron chi connectivity index (χ0n) is 11.2. The van der Waals surface area contributed by atoms with Crippen molar-refractivity contribution < 1.29 is 23.5 Å². The molecule has 1 aliphatic carbocycles. The van der Waals surface area contributed by atoms with E-state index in [1.165, 1.54) is 6.92 Å². The van der Waals surface area contributed by atoms with Crippen molar-refractivity contribution in [1.82, 2.24) is 10.2 Å². The summed E-state index contributed by atoms with van der Waals surface area (Å²) >= 11 is 0. The number of hydrogen-bond donors (Lipinski definition) is 3. The number of nitrogens with zero attached hydrogens (tertiary/aromatic N) is 1. The molecule has 2 atom stereocenters. The maximum absolute atomic E-state index is 12.7. The van der Waals surface area contributed by atoms with Crippen LogP contribution in [0, 0.1) is 24.2 Å². The van der Waals surface area contributed by atoms with E-state index < -0.39 is 41.2 Å². The summed E-state index contributed by atoms with van der Waals surface area (Å²) in [6, 6.07) is 0. The third kappa shape index (κ3) is 2.14. The largest absolute Gasteiger partial charge is 0.481 e. The van der Waals surface area contributed by atoms with E-state index in [4.69, 9.17) is 5.11 Å². The molecule has 0 aliphatic heterocycles. The van der Waals surface area contributed by atoms with Crippen LogP contribution in [0.1, 0.15) is 31.7 Å². The first-order chi connectivity index (χ1) is 9.17. The summed E-state index contributed by atoms with van der Waals surface area (Å²) in [6.07, 6.45) is -2.82. The molecule has 1 aliphatic rings. The summed E-state index contributed by atoms with van der Waals surface area (Å²) in [6.45, 7) is 4.82. The van der Waals surface area contributed by atoms with Gasteiger partial charge in [0.05, 0.1) is 23.2 Å². The number of halogens is 2. The number of alkyl halides is 2. The average molecular weight is 287 g/mol. The molecule has 1 aromatic rings. The van der Waals surface area contributed by atoms with Crippen molar-refractivity contribution >= 4 is 17.6 Å². The Hall–Kier alpha value is -1.99. The van der Waals surface area contributed by atoms with Crippen LogP contribution in [0.15, 0.2) is 0 Å². The van der Waals surface area contributed by atoms with Gasteiger partial charge in [0, 0.05) is 0 Å². The first-order valence-electron chi connectivity index (χ1n) is 6.04. The second-order valence-corrected chi connectivity index (χ2v) is 5.51. The van der Waals surface area contributed by atoms with Gasteiger partial charge >= 0.3 is 5.97 Å². The van der Waals surface area contributed by atoms with E-state index in [2.05, 4.69) is 15.5 Å². The number of aromatic amines is 1. The van der Waals surface area contributed by atoms with Crippen LogP contribution in [0.5, 0.6) is 0 Å². The van der Waals surface area contributed by atoms with E-state index in [1.54, 1.807) is 13.8 Å². The molecule has 0 radical (unpaired) electrons. The molecule has 1 heterocycles. The molecule has 3 N–H and O–H groups in total. The van der Waals surface area contributed by atoms with E-state index >= 15 is 0 Å². The van der Waals surface area contributed by atoms with Gasteiger partial charge in [-0.2, -0.15) is 5.10 Å². The van der Waals surface area contributed by atoms with Gasteiger partial charge in [-0.05, 0) is 12.3 Å². The summed E-state index contributed by atoms with van der Waals surface area (Å²) in [7, 11) is 0. The van der Waals surface area contributed by atoms with Crippen molar-refractivity contribution in [2.45, 2.75) is 27.2 Å². The Labute approximate surface area is 113 Å². The number of nitrogens with one attached hydrogen (secondary N) is 2. The Morgan fingerprint density at radius 2 is 2.00 bits per heavy atom. The topological polar surface area (TPSA) is 95.1 Å². The highest BCUT2D eigenvalue weighted by molar-refractivity contribution is 6.00. The molecule has 20 heavy (non-hydrogen) atoms. The van der Waals surface area contributed by atoms with Crippen LogP contribution in [0.25, 0.3) is 0 Å². The van der Waals surface area contributed by atoms with Gasteiger partial charge in [-0.25, -0.2) is 8.78 Å². The second kappa shape index (κ2) is 4.53. The van der Waals surface area contributed by atoms with Crippen LogP contribution in [0.3, 0.4) is 0 Å².